The number of phenols is 1. The van der Waals surface area contributed by atoms with Crippen LogP contribution in [0.4, 0.5) is 11.4 Å². The van der Waals surface area contributed by atoms with E-state index in [1.165, 1.54) is 12.1 Å². The summed E-state index contributed by atoms with van der Waals surface area (Å²) in [6.45, 7) is 3.07. The Hall–Kier alpha value is -2.41. The van der Waals surface area contributed by atoms with Crippen molar-refractivity contribution in [2.45, 2.75) is 6.92 Å². The van der Waals surface area contributed by atoms with Crippen molar-refractivity contribution in [3.63, 3.8) is 0 Å². The minimum absolute atomic E-state index is 0.155. The van der Waals surface area contributed by atoms with E-state index in [4.69, 9.17) is 0 Å². The Morgan fingerprint density at radius 3 is 2.63 bits per heavy atom. The number of nitrogens with one attached hydrogen (secondary N) is 2. The van der Waals surface area contributed by atoms with Gasteiger partial charge in [0.1, 0.15) is 5.75 Å². The summed E-state index contributed by atoms with van der Waals surface area (Å²) in [7, 11) is 0. The first-order valence-electron chi connectivity index (χ1n) is 5.67. The third-order valence-corrected chi connectivity index (χ3v) is 2.99. The monoisotopic (exact) mass is 263 g/mol. The highest BCUT2D eigenvalue weighted by atomic mass is 16.6. The van der Waals surface area contributed by atoms with Gasteiger partial charge in [0.05, 0.1) is 16.7 Å². The van der Waals surface area contributed by atoms with Gasteiger partial charge in [-0.3, -0.25) is 14.9 Å². The molecule has 0 saturated carbocycles. The van der Waals surface area contributed by atoms with Gasteiger partial charge in [-0.1, -0.05) is 0 Å². The van der Waals surface area contributed by atoms with Gasteiger partial charge in [-0.05, 0) is 18.6 Å². The number of benzene rings is 1. The topological polar surface area (TPSA) is 104 Å². The number of rotatable bonds is 3. The summed E-state index contributed by atoms with van der Waals surface area (Å²) in [6.07, 6.45) is 0. The van der Waals surface area contributed by atoms with E-state index >= 15 is 0 Å². The quantitative estimate of drug-likeness (QED) is 0.328. The number of hydrogen-bond donors (Lipinski definition) is 3. The van der Waals surface area contributed by atoms with Crippen LogP contribution in [0.15, 0.2) is 29.3 Å². The molecule has 0 spiro atoms. The molecular formula is C12H13N3O4. The van der Waals surface area contributed by atoms with Crippen LogP contribution >= 0.6 is 0 Å². The largest absolute Gasteiger partial charge is 0.506 e. The molecule has 1 saturated heterocycles. The number of amides is 1. The number of phenolic OH excluding ortho intramolecular Hbond substituents is 1. The first kappa shape index (κ1) is 13.0. The van der Waals surface area contributed by atoms with Crippen LogP contribution in [-0.2, 0) is 4.79 Å². The Labute approximate surface area is 109 Å². The summed E-state index contributed by atoms with van der Waals surface area (Å²) >= 11 is 0. The first-order valence-corrected chi connectivity index (χ1v) is 5.67. The lowest BCUT2D eigenvalue weighted by Crippen LogP contribution is -2.36. The first-order chi connectivity index (χ1) is 8.99. The Balaban J connectivity index is 2.15. The van der Waals surface area contributed by atoms with Crippen LogP contribution < -0.4 is 10.6 Å². The Bertz CT molecular complexity index is 574. The summed E-state index contributed by atoms with van der Waals surface area (Å²) in [5.74, 6) is -0.646. The van der Waals surface area contributed by atoms with Gasteiger partial charge in [0, 0.05) is 24.7 Å². The molecule has 100 valence electrons. The Kier molecular flexibility index (Phi) is 3.48. The van der Waals surface area contributed by atoms with Crippen LogP contribution in [0.3, 0.4) is 0 Å². The Morgan fingerprint density at radius 2 is 2.16 bits per heavy atom. The number of nitro groups is 1. The maximum absolute atomic E-state index is 11.9. The van der Waals surface area contributed by atoms with Gasteiger partial charge in [0.15, 0.2) is 0 Å². The minimum atomic E-state index is -0.613. The van der Waals surface area contributed by atoms with Crippen LogP contribution in [0, 0.1) is 10.1 Å². The van der Waals surface area contributed by atoms with E-state index in [1.54, 1.807) is 6.92 Å². The van der Waals surface area contributed by atoms with Crippen molar-refractivity contribution < 1.29 is 14.8 Å². The molecule has 1 heterocycles. The van der Waals surface area contributed by atoms with E-state index in [9.17, 15) is 20.0 Å². The third-order valence-electron chi connectivity index (χ3n) is 2.99. The van der Waals surface area contributed by atoms with Crippen molar-refractivity contribution in [3.05, 3.63) is 39.5 Å². The SMILES string of the molecule is CC(C(=O)Nc1ccc([N+](=O)[O-])cc1O)=C1CNC1. The van der Waals surface area contributed by atoms with Crippen molar-refractivity contribution in [3.8, 4) is 5.75 Å². The van der Waals surface area contributed by atoms with E-state index < -0.39 is 4.92 Å². The lowest BCUT2D eigenvalue weighted by molar-refractivity contribution is -0.384. The number of carbonyl (C=O) groups is 1. The van der Waals surface area contributed by atoms with Crippen LogP contribution in [0.1, 0.15) is 6.92 Å². The van der Waals surface area contributed by atoms with Crippen molar-refractivity contribution in [1.29, 1.82) is 0 Å². The summed E-state index contributed by atoms with van der Waals surface area (Å²) in [4.78, 5) is 21.8. The minimum Gasteiger partial charge on any atom is -0.506 e. The molecule has 1 aromatic carbocycles. The van der Waals surface area contributed by atoms with Gasteiger partial charge in [-0.25, -0.2) is 0 Å². The molecule has 0 aliphatic carbocycles. The molecule has 1 amide bonds. The van der Waals surface area contributed by atoms with Gasteiger partial charge in [-0.2, -0.15) is 0 Å². The molecule has 0 radical (unpaired) electrons. The van der Waals surface area contributed by atoms with Crippen molar-refractivity contribution >= 4 is 17.3 Å². The zero-order chi connectivity index (χ0) is 14.0. The molecule has 3 N–H and O–H groups in total. The summed E-state index contributed by atoms with van der Waals surface area (Å²) in [6, 6.07) is 3.54. The number of nitro benzene ring substituents is 1. The van der Waals surface area contributed by atoms with Crippen LogP contribution in [0.2, 0.25) is 0 Å². The maximum Gasteiger partial charge on any atom is 0.273 e. The van der Waals surface area contributed by atoms with E-state index in [0.717, 1.165) is 11.6 Å². The standard InChI is InChI=1S/C12H13N3O4/c1-7(8-5-13-6-8)12(17)14-10-3-2-9(15(18)19)4-11(10)16/h2-4,13,16H,5-6H2,1H3,(H,14,17). The average molecular weight is 263 g/mol. The molecular weight excluding hydrogens is 250 g/mol. The molecule has 7 nitrogen and oxygen atoms in total. The number of hydrogen-bond acceptors (Lipinski definition) is 5. The molecule has 1 aliphatic heterocycles. The van der Waals surface area contributed by atoms with E-state index in [1.807, 2.05) is 0 Å². The zero-order valence-corrected chi connectivity index (χ0v) is 10.3. The fourth-order valence-corrected chi connectivity index (χ4v) is 1.63. The van der Waals surface area contributed by atoms with Crippen LogP contribution in [0.5, 0.6) is 5.75 Å². The highest BCUT2D eigenvalue weighted by molar-refractivity contribution is 6.04. The molecule has 2 rings (SSSR count). The van der Waals surface area contributed by atoms with E-state index in [0.29, 0.717) is 18.7 Å². The normalized spacial score (nSPS) is 13.6. The van der Waals surface area contributed by atoms with Crippen molar-refractivity contribution in [2.75, 3.05) is 18.4 Å². The molecule has 1 fully saturated rings. The fraction of sp³-hybridized carbons (Fsp3) is 0.250. The lowest BCUT2D eigenvalue weighted by Gasteiger charge is -2.21. The van der Waals surface area contributed by atoms with E-state index in [-0.39, 0.29) is 23.0 Å². The van der Waals surface area contributed by atoms with Gasteiger partial charge in [0.25, 0.3) is 11.6 Å². The predicted molar refractivity (Wildman–Crippen MR) is 69.0 cm³/mol. The van der Waals surface area contributed by atoms with Gasteiger partial charge in [0.2, 0.25) is 0 Å². The van der Waals surface area contributed by atoms with Crippen molar-refractivity contribution in [1.82, 2.24) is 5.32 Å². The Morgan fingerprint density at radius 1 is 1.47 bits per heavy atom. The molecule has 0 aromatic heterocycles. The van der Waals surface area contributed by atoms with Crippen LogP contribution in [0.25, 0.3) is 0 Å². The highest BCUT2D eigenvalue weighted by Gasteiger charge is 2.17. The summed E-state index contributed by atoms with van der Waals surface area (Å²) in [5, 5.41) is 25.7. The molecule has 19 heavy (non-hydrogen) atoms. The summed E-state index contributed by atoms with van der Waals surface area (Å²) in [5.41, 5.74) is 1.53. The van der Waals surface area contributed by atoms with Gasteiger partial charge >= 0.3 is 0 Å². The van der Waals surface area contributed by atoms with E-state index in [2.05, 4.69) is 10.6 Å². The second-order valence-corrected chi connectivity index (χ2v) is 4.24. The molecule has 7 heteroatoms. The smallest absolute Gasteiger partial charge is 0.273 e. The average Bonchev–Trinajstić information content (AvgIpc) is 2.29. The van der Waals surface area contributed by atoms with Gasteiger partial charge < -0.3 is 15.7 Å². The van der Waals surface area contributed by atoms with Crippen molar-refractivity contribution in [2.24, 2.45) is 0 Å². The fourth-order valence-electron chi connectivity index (χ4n) is 1.63. The lowest BCUT2D eigenvalue weighted by atomic mass is 10.0. The molecule has 1 aliphatic rings. The number of carbonyl (C=O) groups excluding carboxylic acids is 1. The molecule has 1 aromatic rings. The second-order valence-electron chi connectivity index (χ2n) is 4.24. The predicted octanol–water partition coefficient (Wildman–Crippen LogP) is 1.16. The number of anilines is 1. The zero-order valence-electron chi connectivity index (χ0n) is 10.3. The summed E-state index contributed by atoms with van der Waals surface area (Å²) < 4.78 is 0. The molecule has 0 bridgehead atoms. The second kappa shape index (κ2) is 5.07. The molecule has 0 unspecified atom stereocenters. The number of nitrogens with zero attached hydrogens (tertiary/aromatic N) is 1. The third kappa shape index (κ3) is 2.71. The molecule has 0 atom stereocenters. The number of non-ortho nitro benzene ring substituents is 1. The maximum atomic E-state index is 11.9. The van der Waals surface area contributed by atoms with Gasteiger partial charge in [-0.15, -0.1) is 0 Å². The number of aromatic hydroxyl groups is 1. The van der Waals surface area contributed by atoms with Crippen LogP contribution in [-0.4, -0.2) is 29.0 Å². The highest BCUT2D eigenvalue weighted by Crippen LogP contribution is 2.28.